The van der Waals surface area contributed by atoms with Gasteiger partial charge in [-0.2, -0.15) is 0 Å². The highest BCUT2D eigenvalue weighted by molar-refractivity contribution is 5.82. The molecule has 7 heteroatoms. The molecule has 0 aliphatic heterocycles. The zero-order valence-electron chi connectivity index (χ0n) is 16.2. The lowest BCUT2D eigenvalue weighted by Gasteiger charge is -2.17. The van der Waals surface area contributed by atoms with E-state index >= 15 is 0 Å². The van der Waals surface area contributed by atoms with E-state index in [0.29, 0.717) is 6.54 Å². The van der Waals surface area contributed by atoms with Crippen LogP contribution >= 0.6 is 0 Å². The minimum atomic E-state index is -1.21. The Hall–Kier alpha value is -3.35. The van der Waals surface area contributed by atoms with Gasteiger partial charge in [-0.15, -0.1) is 0 Å². The quantitative estimate of drug-likeness (QED) is 0.636. The number of alkyl carbamates (subject to hydrolysis) is 1. The number of rotatable bonds is 8. The summed E-state index contributed by atoms with van der Waals surface area (Å²) >= 11 is 0. The maximum atomic E-state index is 12.2. The minimum Gasteiger partial charge on any atom is -0.480 e. The third-order valence-electron chi connectivity index (χ3n) is 4.97. The van der Waals surface area contributed by atoms with Crippen molar-refractivity contribution in [2.24, 2.45) is 0 Å². The Labute approximate surface area is 169 Å². The molecule has 0 saturated heterocycles. The predicted molar refractivity (Wildman–Crippen MR) is 108 cm³/mol. The van der Waals surface area contributed by atoms with Gasteiger partial charge >= 0.3 is 12.1 Å². The number of aliphatic carboxylic acids is 1. The molecule has 3 rings (SSSR count). The Morgan fingerprint density at radius 1 is 1.03 bits per heavy atom. The van der Waals surface area contributed by atoms with Crippen molar-refractivity contribution in [1.29, 1.82) is 0 Å². The molecule has 2 amide bonds. The number of carbonyl (C=O) groups is 3. The molecule has 2 aromatic rings. The Morgan fingerprint density at radius 3 is 2.17 bits per heavy atom. The fraction of sp³-hybridized carbons (Fsp3) is 0.318. The SMILES string of the molecule is CCNC(=O)CC[C@H](NC(=O)OCC1c2ccccc2-c2ccccc21)C(=O)O. The fourth-order valence-electron chi connectivity index (χ4n) is 3.60. The molecule has 152 valence electrons. The van der Waals surface area contributed by atoms with Crippen molar-refractivity contribution in [3.05, 3.63) is 59.7 Å². The number of hydrogen-bond donors (Lipinski definition) is 3. The molecule has 1 aliphatic rings. The molecule has 0 radical (unpaired) electrons. The number of hydrogen-bond acceptors (Lipinski definition) is 4. The maximum Gasteiger partial charge on any atom is 0.407 e. The molecule has 3 N–H and O–H groups in total. The van der Waals surface area contributed by atoms with Crippen molar-refractivity contribution in [2.75, 3.05) is 13.2 Å². The highest BCUT2D eigenvalue weighted by Crippen LogP contribution is 2.44. The third kappa shape index (κ3) is 4.74. The molecule has 0 unspecified atom stereocenters. The highest BCUT2D eigenvalue weighted by atomic mass is 16.5. The summed E-state index contributed by atoms with van der Waals surface area (Å²) in [5.74, 6) is -1.57. The summed E-state index contributed by atoms with van der Waals surface area (Å²) < 4.78 is 5.36. The van der Waals surface area contributed by atoms with E-state index < -0.39 is 18.1 Å². The van der Waals surface area contributed by atoms with Gasteiger partial charge in [0.1, 0.15) is 12.6 Å². The first-order chi connectivity index (χ1) is 14.0. The average molecular weight is 396 g/mol. The first-order valence-electron chi connectivity index (χ1n) is 9.62. The Balaban J connectivity index is 1.61. The number of carbonyl (C=O) groups excluding carboxylic acids is 2. The Kier molecular flexibility index (Phi) is 6.49. The van der Waals surface area contributed by atoms with Crippen molar-refractivity contribution in [2.45, 2.75) is 31.7 Å². The Morgan fingerprint density at radius 2 is 1.62 bits per heavy atom. The van der Waals surface area contributed by atoms with Crippen LogP contribution in [0.1, 0.15) is 36.8 Å². The third-order valence-corrected chi connectivity index (χ3v) is 4.97. The number of carboxylic acid groups (broad SMARTS) is 1. The minimum absolute atomic E-state index is 0.00840. The lowest BCUT2D eigenvalue weighted by Crippen LogP contribution is -2.42. The van der Waals surface area contributed by atoms with Crippen LogP contribution in [-0.2, 0) is 14.3 Å². The first kappa shape index (κ1) is 20.4. The summed E-state index contributed by atoms with van der Waals surface area (Å²) in [4.78, 5) is 35.1. The van der Waals surface area contributed by atoms with Gasteiger partial charge in [0.2, 0.25) is 5.91 Å². The summed E-state index contributed by atoms with van der Waals surface area (Å²) in [6.07, 6.45) is -0.810. The van der Waals surface area contributed by atoms with Crippen LogP contribution in [0, 0.1) is 0 Å². The van der Waals surface area contributed by atoms with Crippen LogP contribution in [0.2, 0.25) is 0 Å². The topological polar surface area (TPSA) is 105 Å². The van der Waals surface area contributed by atoms with Gasteiger partial charge < -0.3 is 20.5 Å². The zero-order chi connectivity index (χ0) is 20.8. The normalized spacial score (nSPS) is 13.1. The van der Waals surface area contributed by atoms with Crippen molar-refractivity contribution in [3.63, 3.8) is 0 Å². The number of nitrogens with one attached hydrogen (secondary N) is 2. The van der Waals surface area contributed by atoms with Gasteiger partial charge in [-0.1, -0.05) is 48.5 Å². The number of fused-ring (bicyclic) bond motifs is 3. The lowest BCUT2D eigenvalue weighted by molar-refractivity contribution is -0.139. The molecule has 0 aromatic heterocycles. The smallest absolute Gasteiger partial charge is 0.407 e. The van der Waals surface area contributed by atoms with Crippen LogP contribution in [0.3, 0.4) is 0 Å². The van der Waals surface area contributed by atoms with Gasteiger partial charge in [-0.25, -0.2) is 9.59 Å². The molecule has 0 saturated carbocycles. The van der Waals surface area contributed by atoms with Gasteiger partial charge in [0, 0.05) is 18.9 Å². The largest absolute Gasteiger partial charge is 0.480 e. The summed E-state index contributed by atoms with van der Waals surface area (Å²) in [7, 11) is 0. The van der Waals surface area contributed by atoms with Crippen LogP contribution in [0.25, 0.3) is 11.1 Å². The second-order valence-electron chi connectivity index (χ2n) is 6.85. The molecular weight excluding hydrogens is 372 g/mol. The number of carboxylic acids is 1. The van der Waals surface area contributed by atoms with Crippen LogP contribution in [0.4, 0.5) is 4.79 Å². The molecule has 1 aliphatic carbocycles. The second kappa shape index (κ2) is 9.23. The van der Waals surface area contributed by atoms with Crippen LogP contribution in [0.15, 0.2) is 48.5 Å². The molecule has 0 heterocycles. The van der Waals surface area contributed by atoms with Gasteiger partial charge in [-0.3, -0.25) is 4.79 Å². The maximum absolute atomic E-state index is 12.2. The van der Waals surface area contributed by atoms with Crippen molar-refractivity contribution >= 4 is 18.0 Å². The van der Waals surface area contributed by atoms with Crippen molar-refractivity contribution < 1.29 is 24.2 Å². The Bertz CT molecular complexity index is 866. The van der Waals surface area contributed by atoms with Gasteiger partial charge in [0.05, 0.1) is 0 Å². The van der Waals surface area contributed by atoms with E-state index in [-0.39, 0.29) is 31.3 Å². The zero-order valence-corrected chi connectivity index (χ0v) is 16.2. The number of benzene rings is 2. The van der Waals surface area contributed by atoms with Gasteiger partial charge in [0.25, 0.3) is 0 Å². The molecule has 29 heavy (non-hydrogen) atoms. The molecular formula is C22H24N2O5. The van der Waals surface area contributed by atoms with E-state index in [9.17, 15) is 19.5 Å². The number of amides is 2. The summed E-state index contributed by atoms with van der Waals surface area (Å²) in [5, 5.41) is 14.2. The average Bonchev–Trinajstić information content (AvgIpc) is 3.03. The van der Waals surface area contributed by atoms with Gasteiger partial charge in [-0.05, 0) is 35.6 Å². The monoisotopic (exact) mass is 396 g/mol. The molecule has 7 nitrogen and oxygen atoms in total. The molecule has 0 fully saturated rings. The molecule has 0 bridgehead atoms. The summed E-state index contributed by atoms with van der Waals surface area (Å²) in [6, 6.07) is 14.7. The lowest BCUT2D eigenvalue weighted by atomic mass is 9.98. The number of ether oxygens (including phenoxy) is 1. The van der Waals surface area contributed by atoms with Crippen molar-refractivity contribution in [1.82, 2.24) is 10.6 Å². The van der Waals surface area contributed by atoms with Crippen LogP contribution < -0.4 is 10.6 Å². The predicted octanol–water partition coefficient (Wildman–Crippen LogP) is 2.89. The fourth-order valence-corrected chi connectivity index (χ4v) is 3.60. The second-order valence-corrected chi connectivity index (χ2v) is 6.85. The molecule has 2 aromatic carbocycles. The highest BCUT2D eigenvalue weighted by Gasteiger charge is 2.29. The molecule has 1 atom stereocenters. The standard InChI is InChI=1S/C22H24N2O5/c1-2-23-20(25)12-11-19(21(26)27)24-22(28)29-13-18-16-9-5-3-7-14(16)15-8-4-6-10-17(15)18/h3-10,18-19H,2,11-13H2,1H3,(H,23,25)(H,24,28)(H,26,27)/t19-/m0/s1. The molecule has 0 spiro atoms. The summed E-state index contributed by atoms with van der Waals surface area (Å²) in [6.45, 7) is 2.35. The van der Waals surface area contributed by atoms with E-state index in [0.717, 1.165) is 22.3 Å². The van der Waals surface area contributed by atoms with E-state index in [2.05, 4.69) is 10.6 Å². The van der Waals surface area contributed by atoms with E-state index in [4.69, 9.17) is 4.74 Å². The van der Waals surface area contributed by atoms with Crippen LogP contribution in [-0.4, -0.2) is 42.3 Å². The van der Waals surface area contributed by atoms with Gasteiger partial charge in [0.15, 0.2) is 0 Å². The first-order valence-corrected chi connectivity index (χ1v) is 9.62. The summed E-state index contributed by atoms with van der Waals surface area (Å²) in [5.41, 5.74) is 4.38. The van der Waals surface area contributed by atoms with E-state index in [1.54, 1.807) is 6.92 Å². The van der Waals surface area contributed by atoms with Crippen molar-refractivity contribution in [3.8, 4) is 11.1 Å². The van der Waals surface area contributed by atoms with E-state index in [1.807, 2.05) is 48.5 Å². The van der Waals surface area contributed by atoms with Crippen LogP contribution in [0.5, 0.6) is 0 Å². The van der Waals surface area contributed by atoms with E-state index in [1.165, 1.54) is 0 Å².